The van der Waals surface area contributed by atoms with Gasteiger partial charge >= 0.3 is 0 Å². The largest absolute Gasteiger partial charge is 0.497 e. The first-order valence-electron chi connectivity index (χ1n) is 7.57. The fourth-order valence-corrected chi connectivity index (χ4v) is 2.21. The minimum atomic E-state index is -0.309. The molecule has 0 aliphatic rings. The molecule has 2 N–H and O–H groups in total. The minimum Gasteiger partial charge on any atom is -0.497 e. The van der Waals surface area contributed by atoms with Gasteiger partial charge < -0.3 is 15.4 Å². The fraction of sp³-hybridized carbons (Fsp3) is 0.0526. The van der Waals surface area contributed by atoms with Gasteiger partial charge in [-0.15, -0.1) is 0 Å². The normalized spacial score (nSPS) is 10.2. The molecule has 1 aromatic heterocycles. The van der Waals surface area contributed by atoms with Crippen LogP contribution in [0.15, 0.2) is 67.0 Å². The first-order chi connectivity index (χ1) is 12.1. The third kappa shape index (κ3) is 4.32. The zero-order valence-corrected chi connectivity index (χ0v) is 13.5. The molecule has 0 aliphatic carbocycles. The molecule has 0 aliphatic heterocycles. The van der Waals surface area contributed by atoms with E-state index in [0.29, 0.717) is 28.4 Å². The van der Waals surface area contributed by atoms with Gasteiger partial charge in [-0.2, -0.15) is 0 Å². The summed E-state index contributed by atoms with van der Waals surface area (Å²) in [4.78, 5) is 16.4. The van der Waals surface area contributed by atoms with E-state index < -0.39 is 0 Å². The lowest BCUT2D eigenvalue weighted by Gasteiger charge is -2.09. The average Bonchev–Trinajstić information content (AvgIpc) is 2.64. The highest BCUT2D eigenvalue weighted by atomic mass is 19.1. The van der Waals surface area contributed by atoms with Crippen molar-refractivity contribution in [3.05, 3.63) is 78.4 Å². The van der Waals surface area contributed by atoms with Gasteiger partial charge in [0, 0.05) is 17.6 Å². The maximum Gasteiger partial charge on any atom is 0.257 e. The van der Waals surface area contributed by atoms with Gasteiger partial charge in [-0.25, -0.2) is 4.39 Å². The molecule has 126 valence electrons. The number of carbonyl (C=O) groups excluding carboxylic acids is 1. The molecule has 0 bridgehead atoms. The van der Waals surface area contributed by atoms with E-state index in [4.69, 9.17) is 4.74 Å². The van der Waals surface area contributed by atoms with Crippen molar-refractivity contribution in [2.45, 2.75) is 0 Å². The van der Waals surface area contributed by atoms with Crippen molar-refractivity contribution in [2.75, 3.05) is 17.7 Å². The van der Waals surface area contributed by atoms with E-state index in [9.17, 15) is 9.18 Å². The fourth-order valence-electron chi connectivity index (χ4n) is 2.21. The molecule has 1 amide bonds. The smallest absolute Gasteiger partial charge is 0.257 e. The minimum absolute atomic E-state index is 0.277. The van der Waals surface area contributed by atoms with E-state index in [2.05, 4.69) is 15.6 Å². The summed E-state index contributed by atoms with van der Waals surface area (Å²) in [6, 6.07) is 14.6. The molecular weight excluding hydrogens is 321 g/mol. The molecule has 0 radical (unpaired) electrons. The molecule has 0 unspecified atom stereocenters. The Morgan fingerprint density at radius 3 is 2.32 bits per heavy atom. The Bertz CT molecular complexity index is 865. The van der Waals surface area contributed by atoms with Gasteiger partial charge in [0.1, 0.15) is 11.6 Å². The zero-order valence-electron chi connectivity index (χ0n) is 13.5. The first-order valence-corrected chi connectivity index (χ1v) is 7.57. The van der Waals surface area contributed by atoms with E-state index in [1.54, 1.807) is 55.8 Å². The third-order valence-electron chi connectivity index (χ3n) is 3.48. The molecule has 6 heteroatoms. The molecule has 3 rings (SSSR count). The Morgan fingerprint density at radius 1 is 0.960 bits per heavy atom. The number of hydrogen-bond donors (Lipinski definition) is 2. The van der Waals surface area contributed by atoms with Crippen molar-refractivity contribution >= 4 is 23.0 Å². The Hall–Kier alpha value is -3.41. The molecule has 0 saturated heterocycles. The lowest BCUT2D eigenvalue weighted by molar-refractivity contribution is 0.102. The van der Waals surface area contributed by atoms with Crippen molar-refractivity contribution in [2.24, 2.45) is 0 Å². The van der Waals surface area contributed by atoms with E-state index in [1.807, 2.05) is 0 Å². The standard InChI is InChI=1S/C19H16FN3O2/c1-25-18-8-6-16(7-9-18)23-19(24)13-10-17(12-21-11-13)22-15-4-2-14(20)3-5-15/h2-12,22H,1H3,(H,23,24). The Kier molecular flexibility index (Phi) is 4.89. The summed E-state index contributed by atoms with van der Waals surface area (Å²) in [7, 11) is 1.58. The van der Waals surface area contributed by atoms with Gasteiger partial charge in [-0.1, -0.05) is 0 Å². The van der Waals surface area contributed by atoms with Crippen molar-refractivity contribution in [1.29, 1.82) is 0 Å². The summed E-state index contributed by atoms with van der Waals surface area (Å²) in [6.07, 6.45) is 3.07. The number of benzene rings is 2. The summed E-state index contributed by atoms with van der Waals surface area (Å²) in [6.45, 7) is 0. The van der Waals surface area contributed by atoms with Gasteiger partial charge in [-0.05, 0) is 54.6 Å². The topological polar surface area (TPSA) is 63.2 Å². The number of ether oxygens (including phenoxy) is 1. The lowest BCUT2D eigenvalue weighted by atomic mass is 10.2. The molecule has 0 fully saturated rings. The van der Waals surface area contributed by atoms with Crippen LogP contribution in [-0.4, -0.2) is 18.0 Å². The Labute approximate surface area is 144 Å². The van der Waals surface area contributed by atoms with Crippen LogP contribution in [0.25, 0.3) is 0 Å². The number of aromatic nitrogens is 1. The second kappa shape index (κ2) is 7.44. The first kappa shape index (κ1) is 16.4. The summed E-state index contributed by atoms with van der Waals surface area (Å²) in [5.74, 6) is 0.127. The van der Waals surface area contributed by atoms with E-state index in [0.717, 1.165) is 0 Å². The maximum absolute atomic E-state index is 12.9. The van der Waals surface area contributed by atoms with Crippen LogP contribution in [0.1, 0.15) is 10.4 Å². The molecular formula is C19H16FN3O2. The Morgan fingerprint density at radius 2 is 1.64 bits per heavy atom. The number of methoxy groups -OCH3 is 1. The highest BCUT2D eigenvalue weighted by Gasteiger charge is 2.08. The molecule has 3 aromatic rings. The zero-order chi connectivity index (χ0) is 17.6. The summed E-state index contributed by atoms with van der Waals surface area (Å²) in [5.41, 5.74) is 2.40. The van der Waals surface area contributed by atoms with Crippen LogP contribution in [0.2, 0.25) is 0 Å². The van der Waals surface area contributed by atoms with E-state index in [-0.39, 0.29) is 11.7 Å². The van der Waals surface area contributed by atoms with Crippen LogP contribution in [0.5, 0.6) is 5.75 Å². The molecule has 0 saturated carbocycles. The molecule has 0 spiro atoms. The molecule has 1 heterocycles. The summed E-state index contributed by atoms with van der Waals surface area (Å²) >= 11 is 0. The monoisotopic (exact) mass is 337 g/mol. The van der Waals surface area contributed by atoms with Crippen molar-refractivity contribution < 1.29 is 13.9 Å². The van der Waals surface area contributed by atoms with Crippen LogP contribution < -0.4 is 15.4 Å². The van der Waals surface area contributed by atoms with Gasteiger partial charge in [-0.3, -0.25) is 9.78 Å². The number of nitrogens with one attached hydrogen (secondary N) is 2. The molecule has 0 atom stereocenters. The predicted octanol–water partition coefficient (Wildman–Crippen LogP) is 4.23. The number of anilines is 3. The van der Waals surface area contributed by atoms with Crippen LogP contribution in [0.4, 0.5) is 21.5 Å². The van der Waals surface area contributed by atoms with E-state index >= 15 is 0 Å². The number of nitrogens with zero attached hydrogens (tertiary/aromatic N) is 1. The van der Waals surface area contributed by atoms with Crippen molar-refractivity contribution in [3.8, 4) is 5.75 Å². The van der Waals surface area contributed by atoms with E-state index in [1.165, 1.54) is 18.3 Å². The van der Waals surface area contributed by atoms with Gasteiger partial charge in [0.15, 0.2) is 0 Å². The number of pyridine rings is 1. The number of hydrogen-bond acceptors (Lipinski definition) is 4. The highest BCUT2D eigenvalue weighted by Crippen LogP contribution is 2.19. The molecule has 5 nitrogen and oxygen atoms in total. The SMILES string of the molecule is COc1ccc(NC(=O)c2cncc(Nc3ccc(F)cc3)c2)cc1. The third-order valence-corrected chi connectivity index (χ3v) is 3.48. The van der Waals surface area contributed by atoms with Crippen molar-refractivity contribution in [3.63, 3.8) is 0 Å². The second-order valence-corrected chi connectivity index (χ2v) is 5.28. The average molecular weight is 337 g/mol. The highest BCUT2D eigenvalue weighted by molar-refractivity contribution is 6.04. The predicted molar refractivity (Wildman–Crippen MR) is 94.9 cm³/mol. The number of halogens is 1. The van der Waals surface area contributed by atoms with Gasteiger partial charge in [0.25, 0.3) is 5.91 Å². The number of rotatable bonds is 5. The van der Waals surface area contributed by atoms with Gasteiger partial charge in [0.05, 0.1) is 24.6 Å². The van der Waals surface area contributed by atoms with Crippen molar-refractivity contribution in [1.82, 2.24) is 4.98 Å². The second-order valence-electron chi connectivity index (χ2n) is 5.28. The molecule has 25 heavy (non-hydrogen) atoms. The van der Waals surface area contributed by atoms with Crippen LogP contribution >= 0.6 is 0 Å². The Balaban J connectivity index is 1.71. The maximum atomic E-state index is 12.9. The number of carbonyl (C=O) groups is 1. The summed E-state index contributed by atoms with van der Waals surface area (Å²) in [5, 5.41) is 5.88. The quantitative estimate of drug-likeness (QED) is 0.731. The van der Waals surface area contributed by atoms with Crippen LogP contribution in [-0.2, 0) is 0 Å². The lowest BCUT2D eigenvalue weighted by Crippen LogP contribution is -2.12. The molecule has 2 aromatic carbocycles. The van der Waals surface area contributed by atoms with Crippen LogP contribution in [0, 0.1) is 5.82 Å². The van der Waals surface area contributed by atoms with Crippen LogP contribution in [0.3, 0.4) is 0 Å². The number of amides is 1. The summed E-state index contributed by atoms with van der Waals surface area (Å²) < 4.78 is 18.0. The van der Waals surface area contributed by atoms with Gasteiger partial charge in [0.2, 0.25) is 0 Å².